The van der Waals surface area contributed by atoms with E-state index in [1.54, 1.807) is 19.0 Å². The van der Waals surface area contributed by atoms with Gasteiger partial charge >= 0.3 is 0 Å². The average Bonchev–Trinajstić information content (AvgIpc) is 2.47. The molecule has 0 aromatic heterocycles. The molecule has 3 nitrogen and oxygen atoms in total. The highest BCUT2D eigenvalue weighted by Crippen LogP contribution is 2.26. The van der Waals surface area contributed by atoms with E-state index < -0.39 is 0 Å². The molecule has 0 aliphatic rings. The fourth-order valence-electron chi connectivity index (χ4n) is 2.25. The monoisotopic (exact) mass is 296 g/mol. The maximum Gasteiger partial charge on any atom is 0.253 e. The molecule has 0 N–H and O–H groups in total. The van der Waals surface area contributed by atoms with Gasteiger partial charge in [-0.3, -0.25) is 4.79 Å². The van der Waals surface area contributed by atoms with Crippen LogP contribution in [0.5, 0.6) is 0 Å². The summed E-state index contributed by atoms with van der Waals surface area (Å²) in [4.78, 5) is 13.6. The van der Waals surface area contributed by atoms with Gasteiger partial charge in [-0.25, -0.2) is 4.36 Å². The second-order valence-electron chi connectivity index (χ2n) is 5.25. The van der Waals surface area contributed by atoms with E-state index in [9.17, 15) is 4.79 Å². The smallest absolute Gasteiger partial charge is 0.253 e. The van der Waals surface area contributed by atoms with E-state index in [2.05, 4.69) is 10.4 Å². The summed E-state index contributed by atoms with van der Waals surface area (Å²) in [6.07, 6.45) is 0. The first-order valence-corrected chi connectivity index (χ1v) is 7.10. The van der Waals surface area contributed by atoms with Crippen LogP contribution in [0.2, 0.25) is 0 Å². The molecule has 0 saturated heterocycles. The third kappa shape index (κ3) is 3.55. The number of benzene rings is 2. The van der Waals surface area contributed by atoms with E-state index in [4.69, 9.17) is 12.4 Å². The predicted molar refractivity (Wildman–Crippen MR) is 90.7 cm³/mol. The molecule has 0 heterocycles. The highest BCUT2D eigenvalue weighted by Gasteiger charge is 2.15. The van der Waals surface area contributed by atoms with Crippen LogP contribution >= 0.6 is 0 Å². The quantitative estimate of drug-likeness (QED) is 0.800. The number of rotatable bonds is 4. The van der Waals surface area contributed by atoms with E-state index >= 15 is 0 Å². The Morgan fingerprint density at radius 3 is 2.33 bits per heavy atom. The second kappa shape index (κ2) is 6.63. The summed E-state index contributed by atoms with van der Waals surface area (Å²) in [6.45, 7) is 0. The first kappa shape index (κ1) is 15.4. The van der Waals surface area contributed by atoms with Gasteiger partial charge in [0.2, 0.25) is 0 Å². The van der Waals surface area contributed by atoms with Crippen molar-refractivity contribution >= 4 is 31.6 Å². The van der Waals surface area contributed by atoms with Crippen LogP contribution in [0.1, 0.15) is 27.5 Å². The van der Waals surface area contributed by atoms with Gasteiger partial charge in [0.05, 0.1) is 0 Å². The van der Waals surface area contributed by atoms with Crippen LogP contribution in [0, 0.1) is 0 Å². The van der Waals surface area contributed by atoms with Crippen LogP contribution in [0.15, 0.2) is 52.9 Å². The standard InChI is InChI=1S/C16H17BN2OS/c1-19(2)16(20)13-7-3-5-11(9-13)15(18-21)12-6-4-8-14(17)10-12/h3-10,15H,17H2,1-2H3. The molecule has 0 aliphatic carbocycles. The number of nitrogens with zero attached hydrogens (tertiary/aromatic N) is 2. The van der Waals surface area contributed by atoms with Crippen molar-refractivity contribution in [2.24, 2.45) is 4.36 Å². The molecule has 2 aromatic rings. The molecule has 1 amide bonds. The van der Waals surface area contributed by atoms with E-state index in [-0.39, 0.29) is 11.9 Å². The summed E-state index contributed by atoms with van der Waals surface area (Å²) in [5.41, 5.74) is 3.79. The Morgan fingerprint density at radius 2 is 1.76 bits per heavy atom. The Morgan fingerprint density at radius 1 is 1.14 bits per heavy atom. The molecule has 1 atom stereocenters. The van der Waals surface area contributed by atoms with Crippen LogP contribution in [0.3, 0.4) is 0 Å². The number of hydrogen-bond donors (Lipinski definition) is 0. The van der Waals surface area contributed by atoms with Gasteiger partial charge in [0, 0.05) is 32.1 Å². The molecular weight excluding hydrogens is 279 g/mol. The van der Waals surface area contributed by atoms with Crippen molar-refractivity contribution in [3.05, 3.63) is 65.2 Å². The normalized spacial score (nSPS) is 11.7. The summed E-state index contributed by atoms with van der Waals surface area (Å²) in [5.74, 6) is -0.0239. The summed E-state index contributed by atoms with van der Waals surface area (Å²) in [5, 5.41) is 0. The topological polar surface area (TPSA) is 32.7 Å². The Bertz CT molecular complexity index is 673. The molecule has 5 heteroatoms. The van der Waals surface area contributed by atoms with Crippen LogP contribution in [0.25, 0.3) is 0 Å². The summed E-state index contributed by atoms with van der Waals surface area (Å²) in [6, 6.07) is 15.4. The molecule has 21 heavy (non-hydrogen) atoms. The lowest BCUT2D eigenvalue weighted by Gasteiger charge is -2.15. The van der Waals surface area contributed by atoms with Gasteiger partial charge < -0.3 is 4.90 Å². The molecule has 1 unspecified atom stereocenters. The lowest BCUT2D eigenvalue weighted by molar-refractivity contribution is 0.0827. The largest absolute Gasteiger partial charge is 0.345 e. The summed E-state index contributed by atoms with van der Waals surface area (Å²) < 4.78 is 4.07. The van der Waals surface area contributed by atoms with Gasteiger partial charge in [0.1, 0.15) is 13.9 Å². The van der Waals surface area contributed by atoms with Gasteiger partial charge in [0.25, 0.3) is 5.91 Å². The minimum atomic E-state index is -0.227. The number of carbonyl (C=O) groups is 1. The Balaban J connectivity index is 2.41. The van der Waals surface area contributed by atoms with Crippen LogP contribution in [-0.2, 0) is 12.4 Å². The molecule has 0 bridgehead atoms. The van der Waals surface area contributed by atoms with Gasteiger partial charge in [0.15, 0.2) is 0 Å². The summed E-state index contributed by atoms with van der Waals surface area (Å²) >= 11 is 4.97. The van der Waals surface area contributed by atoms with Crippen molar-refractivity contribution in [1.29, 1.82) is 0 Å². The first-order valence-electron chi connectivity index (χ1n) is 6.73. The molecule has 2 aromatic carbocycles. The first-order chi connectivity index (χ1) is 10.0. The van der Waals surface area contributed by atoms with Gasteiger partial charge in [-0.15, -0.1) is 0 Å². The lowest BCUT2D eigenvalue weighted by Crippen LogP contribution is -2.21. The Labute approximate surface area is 131 Å². The van der Waals surface area contributed by atoms with Crippen LogP contribution in [0.4, 0.5) is 0 Å². The van der Waals surface area contributed by atoms with E-state index in [1.807, 2.05) is 50.3 Å². The molecule has 0 saturated carbocycles. The fourth-order valence-corrected chi connectivity index (χ4v) is 2.50. The minimum Gasteiger partial charge on any atom is -0.345 e. The molecule has 0 spiro atoms. The van der Waals surface area contributed by atoms with Crippen molar-refractivity contribution < 1.29 is 4.79 Å². The minimum absolute atomic E-state index is 0.0239. The second-order valence-corrected chi connectivity index (χ2v) is 5.46. The van der Waals surface area contributed by atoms with Crippen LogP contribution in [-0.4, -0.2) is 32.7 Å². The molecule has 0 fully saturated rings. The summed E-state index contributed by atoms with van der Waals surface area (Å²) in [7, 11) is 5.52. The van der Waals surface area contributed by atoms with Crippen molar-refractivity contribution in [2.75, 3.05) is 14.1 Å². The zero-order valence-electron chi connectivity index (χ0n) is 12.4. The van der Waals surface area contributed by atoms with E-state index in [0.717, 1.165) is 16.6 Å². The molecule has 2 rings (SSSR count). The number of hydrogen-bond acceptors (Lipinski definition) is 3. The van der Waals surface area contributed by atoms with Crippen molar-refractivity contribution in [2.45, 2.75) is 6.04 Å². The SMILES string of the molecule is Bc1cccc(C(N=S)c2cccc(C(=O)N(C)C)c2)c1. The predicted octanol–water partition coefficient (Wildman–Crippen LogP) is 1.47. The van der Waals surface area contributed by atoms with Gasteiger partial charge in [-0.05, 0) is 23.3 Å². The van der Waals surface area contributed by atoms with Gasteiger partial charge in [-0.1, -0.05) is 41.9 Å². The highest BCUT2D eigenvalue weighted by molar-refractivity contribution is 7.47. The maximum atomic E-state index is 12.1. The van der Waals surface area contributed by atoms with Crippen molar-refractivity contribution in [1.82, 2.24) is 4.90 Å². The number of carbonyl (C=O) groups excluding carboxylic acids is 1. The van der Waals surface area contributed by atoms with Crippen molar-refractivity contribution in [3.63, 3.8) is 0 Å². The Hall–Kier alpha value is -2.01. The van der Waals surface area contributed by atoms with E-state index in [0.29, 0.717) is 5.56 Å². The highest BCUT2D eigenvalue weighted by atomic mass is 32.1. The molecule has 0 aliphatic heterocycles. The van der Waals surface area contributed by atoms with Gasteiger partial charge in [-0.2, -0.15) is 0 Å². The van der Waals surface area contributed by atoms with Crippen LogP contribution < -0.4 is 5.46 Å². The average molecular weight is 296 g/mol. The van der Waals surface area contributed by atoms with Crippen molar-refractivity contribution in [3.8, 4) is 0 Å². The molecule has 106 valence electrons. The molecule has 0 radical (unpaired) electrons. The fraction of sp³-hybridized carbons (Fsp3) is 0.188. The zero-order valence-corrected chi connectivity index (χ0v) is 13.2. The third-order valence-electron chi connectivity index (χ3n) is 3.32. The van der Waals surface area contributed by atoms with E-state index in [1.165, 1.54) is 0 Å². The third-order valence-corrected chi connectivity index (χ3v) is 3.53. The lowest BCUT2D eigenvalue weighted by atomic mass is 9.90. The zero-order chi connectivity index (χ0) is 15.4. The maximum absolute atomic E-state index is 12.1. The Kier molecular flexibility index (Phi) is 4.86. The molecular formula is C16H17BN2OS. The number of amides is 1.